The average Bonchev–Trinajstić information content (AvgIpc) is 3.03. The van der Waals surface area contributed by atoms with Gasteiger partial charge in [-0.3, -0.25) is 0 Å². The fraction of sp³-hybridized carbons (Fsp3) is 0.0833. The van der Waals surface area contributed by atoms with Crippen LogP contribution in [0.15, 0.2) is 96.8 Å². The first-order chi connectivity index (χ1) is 12.4. The predicted molar refractivity (Wildman–Crippen MR) is 102 cm³/mol. The molecule has 0 spiro atoms. The van der Waals surface area contributed by atoms with Crippen molar-refractivity contribution in [1.82, 2.24) is 0 Å². The molecule has 0 fully saturated rings. The second kappa shape index (κ2) is 5.78. The van der Waals surface area contributed by atoms with E-state index in [0.717, 1.165) is 23.5 Å². The lowest BCUT2D eigenvalue weighted by molar-refractivity contribution is 0.357. The maximum Gasteiger partial charge on any atom is 0.130 e. The molecule has 1 unspecified atom stereocenters. The standard InChI is InChI=1S/C24H18O/c1-3-9-17(10-4-1)22-16-15-21-19-13-7-8-14-20(19)23(24(21)25-22)18-11-5-2-6-12-18/h1-14,16,23H,15H2. The van der Waals surface area contributed by atoms with E-state index in [1.807, 2.05) is 6.07 Å². The zero-order chi connectivity index (χ0) is 16.6. The summed E-state index contributed by atoms with van der Waals surface area (Å²) in [6.45, 7) is 0. The smallest absolute Gasteiger partial charge is 0.130 e. The Kier molecular flexibility index (Phi) is 3.31. The highest BCUT2D eigenvalue weighted by atomic mass is 16.5. The van der Waals surface area contributed by atoms with Gasteiger partial charge < -0.3 is 4.74 Å². The summed E-state index contributed by atoms with van der Waals surface area (Å²) in [4.78, 5) is 0. The van der Waals surface area contributed by atoms with Gasteiger partial charge in [0.2, 0.25) is 0 Å². The summed E-state index contributed by atoms with van der Waals surface area (Å²) < 4.78 is 6.49. The molecule has 0 saturated carbocycles. The fourth-order valence-electron chi connectivity index (χ4n) is 3.91. The summed E-state index contributed by atoms with van der Waals surface area (Å²) in [5.41, 5.74) is 6.42. The molecule has 2 aliphatic rings. The van der Waals surface area contributed by atoms with Crippen molar-refractivity contribution in [1.29, 1.82) is 0 Å². The molecule has 5 rings (SSSR count). The highest BCUT2D eigenvalue weighted by Crippen LogP contribution is 2.50. The van der Waals surface area contributed by atoms with Crippen molar-refractivity contribution in [2.24, 2.45) is 0 Å². The number of hydrogen-bond acceptors (Lipinski definition) is 1. The lowest BCUT2D eigenvalue weighted by Crippen LogP contribution is -2.06. The van der Waals surface area contributed by atoms with E-state index < -0.39 is 0 Å². The molecule has 0 saturated heterocycles. The number of fused-ring (bicyclic) bond motifs is 2. The second-order valence-electron chi connectivity index (χ2n) is 6.51. The minimum atomic E-state index is 0.180. The molecule has 0 aromatic heterocycles. The summed E-state index contributed by atoms with van der Waals surface area (Å²) in [5.74, 6) is 2.24. The maximum atomic E-state index is 6.49. The van der Waals surface area contributed by atoms with Gasteiger partial charge in [0.05, 0.1) is 5.92 Å². The lowest BCUT2D eigenvalue weighted by Gasteiger charge is -2.22. The molecule has 1 heterocycles. The van der Waals surface area contributed by atoms with Crippen LogP contribution in [0.25, 0.3) is 11.3 Å². The van der Waals surface area contributed by atoms with Gasteiger partial charge in [-0.25, -0.2) is 0 Å². The van der Waals surface area contributed by atoms with Gasteiger partial charge in [0.15, 0.2) is 0 Å². The van der Waals surface area contributed by atoms with Crippen LogP contribution < -0.4 is 0 Å². The first kappa shape index (κ1) is 14.3. The summed E-state index contributed by atoms with van der Waals surface area (Å²) in [6.07, 6.45) is 3.12. The largest absolute Gasteiger partial charge is 0.460 e. The Hall–Kier alpha value is -3.06. The molecule has 0 N–H and O–H groups in total. The Labute approximate surface area is 147 Å². The predicted octanol–water partition coefficient (Wildman–Crippen LogP) is 6.00. The molecule has 1 heteroatoms. The third kappa shape index (κ3) is 2.32. The molecular weight excluding hydrogens is 304 g/mol. The van der Waals surface area contributed by atoms with Crippen molar-refractivity contribution in [2.45, 2.75) is 12.3 Å². The molecule has 3 aromatic carbocycles. The SMILES string of the molecule is C1=C(c2ccccc2)OC2=C(C1)c1ccccc1C2c1ccccc1. The monoisotopic (exact) mass is 322 g/mol. The van der Waals surface area contributed by atoms with E-state index in [0.29, 0.717) is 0 Å². The topological polar surface area (TPSA) is 9.23 Å². The third-order valence-corrected chi connectivity index (χ3v) is 5.06. The van der Waals surface area contributed by atoms with Crippen molar-refractivity contribution in [3.05, 3.63) is 119 Å². The number of ether oxygens (including phenoxy) is 1. The summed E-state index contributed by atoms with van der Waals surface area (Å²) >= 11 is 0. The normalized spacial score (nSPS) is 18.2. The molecule has 120 valence electrons. The Balaban J connectivity index is 1.61. The van der Waals surface area contributed by atoms with Crippen molar-refractivity contribution < 1.29 is 4.74 Å². The summed E-state index contributed by atoms with van der Waals surface area (Å²) in [6, 6.07) is 29.7. The van der Waals surface area contributed by atoms with Crippen LogP contribution in [0.3, 0.4) is 0 Å². The van der Waals surface area contributed by atoms with E-state index in [9.17, 15) is 0 Å². The van der Waals surface area contributed by atoms with E-state index in [2.05, 4.69) is 84.9 Å². The third-order valence-electron chi connectivity index (χ3n) is 5.06. The van der Waals surface area contributed by atoms with Gasteiger partial charge in [-0.05, 0) is 29.2 Å². The maximum absolute atomic E-state index is 6.49. The van der Waals surface area contributed by atoms with Gasteiger partial charge in [-0.2, -0.15) is 0 Å². The molecule has 0 amide bonds. The zero-order valence-corrected chi connectivity index (χ0v) is 13.9. The van der Waals surface area contributed by atoms with Crippen LogP contribution in [0.1, 0.15) is 34.6 Å². The van der Waals surface area contributed by atoms with E-state index >= 15 is 0 Å². The molecule has 1 nitrogen and oxygen atoms in total. The quantitative estimate of drug-likeness (QED) is 0.562. The highest BCUT2D eigenvalue weighted by molar-refractivity contribution is 5.83. The Morgan fingerprint density at radius 2 is 1.40 bits per heavy atom. The van der Waals surface area contributed by atoms with Gasteiger partial charge in [-0.15, -0.1) is 0 Å². The summed E-state index contributed by atoms with van der Waals surface area (Å²) in [7, 11) is 0. The second-order valence-corrected chi connectivity index (χ2v) is 6.51. The minimum absolute atomic E-state index is 0.180. The number of benzene rings is 3. The fourth-order valence-corrected chi connectivity index (χ4v) is 3.91. The number of allylic oxidation sites excluding steroid dienone is 3. The van der Waals surface area contributed by atoms with Gasteiger partial charge in [0.25, 0.3) is 0 Å². The Morgan fingerprint density at radius 3 is 2.20 bits per heavy atom. The molecule has 0 bridgehead atoms. The van der Waals surface area contributed by atoms with E-state index in [4.69, 9.17) is 4.74 Å². The van der Waals surface area contributed by atoms with Gasteiger partial charge in [0, 0.05) is 11.1 Å². The molecular formula is C24H18O. The minimum Gasteiger partial charge on any atom is -0.460 e. The van der Waals surface area contributed by atoms with Gasteiger partial charge >= 0.3 is 0 Å². The molecule has 0 radical (unpaired) electrons. The molecule has 3 aromatic rings. The van der Waals surface area contributed by atoms with Crippen LogP contribution in [0.5, 0.6) is 0 Å². The number of rotatable bonds is 2. The Bertz CT molecular complexity index is 981. The first-order valence-corrected chi connectivity index (χ1v) is 8.72. The van der Waals surface area contributed by atoms with Crippen LogP contribution in [0, 0.1) is 0 Å². The van der Waals surface area contributed by atoms with Crippen molar-refractivity contribution in [3.63, 3.8) is 0 Å². The molecule has 1 aliphatic heterocycles. The van der Waals surface area contributed by atoms with Gasteiger partial charge in [0.1, 0.15) is 11.5 Å². The first-order valence-electron chi connectivity index (χ1n) is 8.72. The van der Waals surface area contributed by atoms with Crippen LogP contribution in [-0.2, 0) is 4.74 Å². The van der Waals surface area contributed by atoms with E-state index in [1.54, 1.807) is 0 Å². The van der Waals surface area contributed by atoms with Crippen LogP contribution in [0.4, 0.5) is 0 Å². The van der Waals surface area contributed by atoms with Crippen molar-refractivity contribution in [2.75, 3.05) is 0 Å². The zero-order valence-electron chi connectivity index (χ0n) is 13.9. The molecule has 1 aliphatic carbocycles. The average molecular weight is 322 g/mol. The van der Waals surface area contributed by atoms with Gasteiger partial charge in [-0.1, -0.05) is 84.9 Å². The Morgan fingerprint density at radius 1 is 0.720 bits per heavy atom. The van der Waals surface area contributed by atoms with Crippen molar-refractivity contribution in [3.8, 4) is 0 Å². The van der Waals surface area contributed by atoms with Crippen LogP contribution in [-0.4, -0.2) is 0 Å². The lowest BCUT2D eigenvalue weighted by atomic mass is 9.92. The molecule has 1 atom stereocenters. The number of hydrogen-bond donors (Lipinski definition) is 0. The van der Waals surface area contributed by atoms with E-state index in [1.165, 1.54) is 22.3 Å². The van der Waals surface area contributed by atoms with Crippen molar-refractivity contribution >= 4 is 11.3 Å². The highest BCUT2D eigenvalue weighted by Gasteiger charge is 2.35. The van der Waals surface area contributed by atoms with Crippen LogP contribution >= 0.6 is 0 Å². The van der Waals surface area contributed by atoms with Crippen LogP contribution in [0.2, 0.25) is 0 Å². The molecule has 25 heavy (non-hydrogen) atoms. The van der Waals surface area contributed by atoms with E-state index in [-0.39, 0.29) is 5.92 Å². The summed E-state index contributed by atoms with van der Waals surface area (Å²) in [5, 5.41) is 0.